The van der Waals surface area contributed by atoms with Crippen LogP contribution in [-0.2, 0) is 13.0 Å². The van der Waals surface area contributed by atoms with Gasteiger partial charge in [-0.2, -0.15) is 0 Å². The molecular formula is C23H21F2N5O3S. The molecule has 3 aliphatic rings. The van der Waals surface area contributed by atoms with Crippen LogP contribution >= 0.6 is 11.3 Å². The number of aromatic hydroxyl groups is 1. The lowest BCUT2D eigenvalue weighted by atomic mass is 10.1. The minimum Gasteiger partial charge on any atom is -0.503 e. The van der Waals surface area contributed by atoms with Crippen LogP contribution in [0.15, 0.2) is 29.2 Å². The van der Waals surface area contributed by atoms with Crippen molar-refractivity contribution in [1.29, 1.82) is 0 Å². The summed E-state index contributed by atoms with van der Waals surface area (Å²) in [6.07, 6.45) is 3.64. The van der Waals surface area contributed by atoms with Crippen LogP contribution in [0.5, 0.6) is 5.75 Å². The molecule has 3 aliphatic heterocycles. The van der Waals surface area contributed by atoms with E-state index in [9.17, 15) is 23.5 Å². The van der Waals surface area contributed by atoms with Gasteiger partial charge in [-0.3, -0.25) is 14.5 Å². The van der Waals surface area contributed by atoms with E-state index < -0.39 is 22.8 Å². The molecule has 2 aromatic heterocycles. The largest absolute Gasteiger partial charge is 0.503 e. The Morgan fingerprint density at radius 2 is 2.06 bits per heavy atom. The highest BCUT2D eigenvalue weighted by Crippen LogP contribution is 2.39. The first-order valence-corrected chi connectivity index (χ1v) is 12.0. The third-order valence-corrected chi connectivity index (χ3v) is 8.11. The number of halogens is 2. The summed E-state index contributed by atoms with van der Waals surface area (Å²) in [5, 5.41) is 19.6. The predicted octanol–water partition coefficient (Wildman–Crippen LogP) is 2.59. The summed E-state index contributed by atoms with van der Waals surface area (Å²) in [4.78, 5) is 30.4. The van der Waals surface area contributed by atoms with Crippen molar-refractivity contribution in [3.63, 3.8) is 0 Å². The highest BCUT2D eigenvalue weighted by molar-refractivity contribution is 7.14. The Labute approximate surface area is 197 Å². The maximum Gasteiger partial charge on any atom is 0.276 e. The first-order valence-electron chi connectivity index (χ1n) is 11.1. The van der Waals surface area contributed by atoms with Gasteiger partial charge < -0.3 is 14.6 Å². The van der Waals surface area contributed by atoms with Gasteiger partial charge in [0.15, 0.2) is 16.5 Å². The summed E-state index contributed by atoms with van der Waals surface area (Å²) in [6.45, 7) is 3.37. The lowest BCUT2D eigenvalue weighted by Gasteiger charge is -2.37. The van der Waals surface area contributed by atoms with Gasteiger partial charge in [0.1, 0.15) is 22.8 Å². The second-order valence-corrected chi connectivity index (χ2v) is 10.1. The van der Waals surface area contributed by atoms with Gasteiger partial charge in [-0.25, -0.2) is 8.78 Å². The maximum absolute atomic E-state index is 14.0. The van der Waals surface area contributed by atoms with Crippen LogP contribution in [0.1, 0.15) is 40.8 Å². The molecule has 8 nitrogen and oxygen atoms in total. The van der Waals surface area contributed by atoms with Gasteiger partial charge in [0.2, 0.25) is 5.43 Å². The summed E-state index contributed by atoms with van der Waals surface area (Å²) < 4.78 is 28.8. The average molecular weight is 486 g/mol. The summed E-state index contributed by atoms with van der Waals surface area (Å²) in [5.41, 5.74) is -0.303. The lowest BCUT2D eigenvalue weighted by Crippen LogP contribution is -2.51. The number of nitrogens with zero attached hydrogens (tertiary/aromatic N) is 5. The van der Waals surface area contributed by atoms with Gasteiger partial charge in [-0.05, 0) is 31.4 Å². The average Bonchev–Trinajstić information content (AvgIpc) is 3.51. The maximum atomic E-state index is 14.0. The van der Waals surface area contributed by atoms with Crippen LogP contribution in [0.2, 0.25) is 0 Å². The molecule has 0 aliphatic carbocycles. The van der Waals surface area contributed by atoms with Crippen molar-refractivity contribution in [1.82, 2.24) is 24.6 Å². The summed E-state index contributed by atoms with van der Waals surface area (Å²) in [5.74, 6) is -2.29. The molecule has 1 N–H and O–H groups in total. The summed E-state index contributed by atoms with van der Waals surface area (Å²) in [6, 6.07) is 3.62. The van der Waals surface area contributed by atoms with Gasteiger partial charge in [0.05, 0.1) is 12.1 Å². The molecule has 0 unspecified atom stereocenters. The fourth-order valence-electron chi connectivity index (χ4n) is 5.56. The molecule has 11 heteroatoms. The molecule has 0 spiro atoms. The number of hydrogen-bond donors (Lipinski definition) is 1. The van der Waals surface area contributed by atoms with Crippen LogP contribution in [0.25, 0.3) is 10.6 Å². The van der Waals surface area contributed by atoms with Gasteiger partial charge in [0.25, 0.3) is 5.91 Å². The zero-order chi connectivity index (χ0) is 23.7. The van der Waals surface area contributed by atoms with E-state index in [1.54, 1.807) is 15.7 Å². The van der Waals surface area contributed by atoms with Crippen molar-refractivity contribution < 1.29 is 18.7 Å². The highest BCUT2D eigenvalue weighted by Gasteiger charge is 2.52. The van der Waals surface area contributed by atoms with E-state index in [2.05, 4.69) is 15.1 Å². The SMILES string of the molecule is C[C@H]1[C@H]2CCCN2[C@@H]2Cn3cc(-c4nnc(Cc5ccc(F)cc5F)s4)c(=O)c(O)c3C(=O)N12. The van der Waals surface area contributed by atoms with Crippen molar-refractivity contribution >= 4 is 17.2 Å². The highest BCUT2D eigenvalue weighted by atomic mass is 32.1. The van der Waals surface area contributed by atoms with Crippen molar-refractivity contribution in [3.05, 3.63) is 62.5 Å². The Morgan fingerprint density at radius 3 is 2.85 bits per heavy atom. The van der Waals surface area contributed by atoms with E-state index in [1.807, 2.05) is 6.92 Å². The molecule has 2 saturated heterocycles. The second kappa shape index (κ2) is 7.67. The molecule has 0 saturated carbocycles. The first kappa shape index (κ1) is 21.4. The third-order valence-electron chi connectivity index (χ3n) is 7.15. The molecule has 1 aromatic carbocycles. The molecule has 3 aromatic rings. The molecule has 1 amide bonds. The second-order valence-electron chi connectivity index (χ2n) is 9.02. The number of hydrogen-bond acceptors (Lipinski definition) is 7. The Morgan fingerprint density at radius 1 is 1.24 bits per heavy atom. The van der Waals surface area contributed by atoms with Crippen molar-refractivity contribution in [2.75, 3.05) is 6.54 Å². The molecule has 176 valence electrons. The summed E-state index contributed by atoms with van der Waals surface area (Å²) >= 11 is 1.09. The number of carbonyl (C=O) groups excluding carboxylic acids is 1. The standard InChI is InChI=1S/C23H21F2N5O3S/c1-11-16-3-2-6-29(16)18-10-28-9-14(20(31)21(32)19(28)23(33)30(11)18)22-27-26-17(34-22)7-12-4-5-13(24)8-15(12)25/h4-5,8-9,11,16,18,32H,2-3,6-7,10H2,1H3/t11-,16+,18-/m0/s1. The third kappa shape index (κ3) is 3.10. The number of rotatable bonds is 3. The van der Waals surface area contributed by atoms with E-state index in [1.165, 1.54) is 12.1 Å². The lowest BCUT2D eigenvalue weighted by molar-refractivity contribution is 0.0462. The van der Waals surface area contributed by atoms with Gasteiger partial charge in [0, 0.05) is 37.3 Å². The Bertz CT molecular complexity index is 1390. The smallest absolute Gasteiger partial charge is 0.276 e. The Hall–Kier alpha value is -3.18. The zero-order valence-electron chi connectivity index (χ0n) is 18.2. The predicted molar refractivity (Wildman–Crippen MR) is 120 cm³/mol. The Kier molecular flexibility index (Phi) is 4.82. The van der Waals surface area contributed by atoms with Crippen LogP contribution in [0, 0.1) is 11.6 Å². The quantitative estimate of drug-likeness (QED) is 0.613. The van der Waals surface area contributed by atoms with Crippen LogP contribution in [-0.4, -0.2) is 60.4 Å². The van der Waals surface area contributed by atoms with Gasteiger partial charge in [-0.1, -0.05) is 17.4 Å². The number of carbonyl (C=O) groups is 1. The molecule has 0 bridgehead atoms. The van der Waals surface area contributed by atoms with Crippen molar-refractivity contribution in [3.8, 4) is 16.3 Å². The normalized spacial score (nSPS) is 23.8. The molecule has 34 heavy (non-hydrogen) atoms. The topological polar surface area (TPSA) is 91.6 Å². The van der Waals surface area contributed by atoms with Crippen molar-refractivity contribution in [2.24, 2.45) is 0 Å². The fraction of sp³-hybridized carbons (Fsp3) is 0.391. The number of aromatic nitrogens is 3. The molecule has 5 heterocycles. The number of pyridine rings is 1. The number of benzene rings is 1. The van der Waals surface area contributed by atoms with E-state index in [4.69, 9.17) is 0 Å². The minimum absolute atomic E-state index is 0.00357. The van der Waals surface area contributed by atoms with Gasteiger partial charge in [-0.15, -0.1) is 10.2 Å². The minimum atomic E-state index is -0.693. The molecule has 2 fully saturated rings. The van der Waals surface area contributed by atoms with Crippen LogP contribution in [0.3, 0.4) is 0 Å². The van der Waals surface area contributed by atoms with Crippen molar-refractivity contribution in [2.45, 2.75) is 51.0 Å². The number of fused-ring (bicyclic) bond motifs is 4. The Balaban J connectivity index is 1.36. The van der Waals surface area contributed by atoms with E-state index in [0.717, 1.165) is 36.8 Å². The van der Waals surface area contributed by atoms with Gasteiger partial charge >= 0.3 is 0 Å². The fourth-order valence-corrected chi connectivity index (χ4v) is 6.43. The van der Waals surface area contributed by atoms with E-state index in [0.29, 0.717) is 11.6 Å². The van der Waals surface area contributed by atoms with E-state index in [-0.39, 0.29) is 52.4 Å². The monoisotopic (exact) mass is 485 g/mol. The van der Waals surface area contributed by atoms with E-state index >= 15 is 0 Å². The van der Waals surface area contributed by atoms with Crippen LogP contribution in [0.4, 0.5) is 8.78 Å². The molecule has 3 atom stereocenters. The molecule has 0 radical (unpaired) electrons. The molecular weight excluding hydrogens is 464 g/mol. The first-order chi connectivity index (χ1) is 16.3. The molecule has 6 rings (SSSR count). The van der Waals surface area contributed by atoms with Crippen LogP contribution < -0.4 is 5.43 Å². The number of amides is 1. The zero-order valence-corrected chi connectivity index (χ0v) is 19.1. The summed E-state index contributed by atoms with van der Waals surface area (Å²) in [7, 11) is 0.